The van der Waals surface area contributed by atoms with Crippen LogP contribution in [0.15, 0.2) is 18.2 Å². The molecule has 0 bridgehead atoms. The maximum Gasteiger partial charge on any atom is 0.168 e. The number of fused-ring (bicyclic) bond motifs is 1. The number of carbonyl (C=O) groups is 1. The van der Waals surface area contributed by atoms with Gasteiger partial charge in [-0.1, -0.05) is 12.1 Å². The van der Waals surface area contributed by atoms with Crippen LogP contribution in [-0.4, -0.2) is 37.4 Å². The first kappa shape index (κ1) is 13.6. The van der Waals surface area contributed by atoms with Crippen LogP contribution in [0.3, 0.4) is 0 Å². The second-order valence-corrected chi connectivity index (χ2v) is 5.59. The third-order valence-electron chi connectivity index (χ3n) is 4.31. The standard InChI is InChI=1S/C16H21NO3/c18-10-1-7-17-8-4-13(5-9-17)14-2-3-16-15(12-14)6-11-19-20-16/h2-3,10,12-13H,1,4-9,11H2. The molecule has 0 aromatic heterocycles. The zero-order valence-electron chi connectivity index (χ0n) is 11.7. The molecule has 0 saturated carbocycles. The van der Waals surface area contributed by atoms with E-state index in [1.165, 1.54) is 24.0 Å². The molecule has 0 spiro atoms. The predicted octanol–water partition coefficient (Wildman–Crippen LogP) is 2.32. The van der Waals surface area contributed by atoms with E-state index in [4.69, 9.17) is 9.78 Å². The molecule has 0 aliphatic carbocycles. The maximum absolute atomic E-state index is 10.4. The van der Waals surface area contributed by atoms with Crippen LogP contribution in [0.4, 0.5) is 0 Å². The van der Waals surface area contributed by atoms with E-state index in [0.29, 0.717) is 18.9 Å². The van der Waals surface area contributed by atoms with Gasteiger partial charge in [0.05, 0.1) is 6.61 Å². The highest BCUT2D eigenvalue weighted by atomic mass is 17.2. The second kappa shape index (κ2) is 6.37. The second-order valence-electron chi connectivity index (χ2n) is 5.59. The molecule has 0 amide bonds. The van der Waals surface area contributed by atoms with Crippen molar-refractivity contribution < 1.29 is 14.6 Å². The Morgan fingerprint density at radius 3 is 2.95 bits per heavy atom. The zero-order chi connectivity index (χ0) is 13.8. The van der Waals surface area contributed by atoms with Gasteiger partial charge in [-0.25, -0.2) is 0 Å². The average Bonchev–Trinajstić information content (AvgIpc) is 2.53. The van der Waals surface area contributed by atoms with Crippen LogP contribution in [0.25, 0.3) is 0 Å². The van der Waals surface area contributed by atoms with E-state index in [2.05, 4.69) is 17.0 Å². The van der Waals surface area contributed by atoms with Gasteiger partial charge in [0.25, 0.3) is 0 Å². The zero-order valence-corrected chi connectivity index (χ0v) is 11.7. The highest BCUT2D eigenvalue weighted by Crippen LogP contribution is 2.32. The van der Waals surface area contributed by atoms with Crippen molar-refractivity contribution in [3.63, 3.8) is 0 Å². The first-order valence-electron chi connectivity index (χ1n) is 7.45. The van der Waals surface area contributed by atoms with Crippen LogP contribution < -0.4 is 4.89 Å². The summed E-state index contributed by atoms with van der Waals surface area (Å²) in [5.41, 5.74) is 2.68. The minimum atomic E-state index is 0.635. The fourth-order valence-corrected chi connectivity index (χ4v) is 3.11. The molecule has 1 aromatic rings. The monoisotopic (exact) mass is 275 g/mol. The summed E-state index contributed by atoms with van der Waals surface area (Å²) in [5.74, 6) is 1.50. The van der Waals surface area contributed by atoms with Gasteiger partial charge in [0.1, 0.15) is 6.29 Å². The summed E-state index contributed by atoms with van der Waals surface area (Å²) < 4.78 is 0. The maximum atomic E-state index is 10.4. The molecule has 1 aromatic carbocycles. The third kappa shape index (κ3) is 3.02. The van der Waals surface area contributed by atoms with Gasteiger partial charge in [0.2, 0.25) is 0 Å². The smallest absolute Gasteiger partial charge is 0.168 e. The number of hydrogen-bond acceptors (Lipinski definition) is 4. The molecule has 0 radical (unpaired) electrons. The van der Waals surface area contributed by atoms with E-state index in [0.717, 1.165) is 38.1 Å². The lowest BCUT2D eigenvalue weighted by Crippen LogP contribution is -2.33. The lowest BCUT2D eigenvalue weighted by molar-refractivity contribution is -0.215. The number of hydrogen-bond donors (Lipinski definition) is 0. The Balaban J connectivity index is 1.61. The van der Waals surface area contributed by atoms with Gasteiger partial charge in [0, 0.05) is 24.9 Å². The largest absolute Gasteiger partial charge is 0.337 e. The van der Waals surface area contributed by atoms with Crippen LogP contribution >= 0.6 is 0 Å². The summed E-state index contributed by atoms with van der Waals surface area (Å²) in [4.78, 5) is 23.0. The highest BCUT2D eigenvalue weighted by Gasteiger charge is 2.22. The van der Waals surface area contributed by atoms with Crippen molar-refractivity contribution in [3.8, 4) is 5.75 Å². The molecule has 1 fully saturated rings. The van der Waals surface area contributed by atoms with Crippen molar-refractivity contribution in [3.05, 3.63) is 29.3 Å². The Kier molecular flexibility index (Phi) is 4.33. The molecule has 4 nitrogen and oxygen atoms in total. The van der Waals surface area contributed by atoms with E-state index >= 15 is 0 Å². The van der Waals surface area contributed by atoms with Crippen molar-refractivity contribution >= 4 is 6.29 Å². The Morgan fingerprint density at radius 2 is 2.15 bits per heavy atom. The summed E-state index contributed by atoms with van der Waals surface area (Å²) in [6, 6.07) is 6.48. The Labute approximate surface area is 119 Å². The van der Waals surface area contributed by atoms with Gasteiger partial charge < -0.3 is 14.6 Å². The van der Waals surface area contributed by atoms with Crippen LogP contribution in [0, 0.1) is 0 Å². The van der Waals surface area contributed by atoms with Gasteiger partial charge >= 0.3 is 0 Å². The predicted molar refractivity (Wildman–Crippen MR) is 75.8 cm³/mol. The molecule has 0 unspecified atom stereocenters. The summed E-state index contributed by atoms with van der Waals surface area (Å²) in [6.45, 7) is 3.73. The topological polar surface area (TPSA) is 38.8 Å². The molecular weight excluding hydrogens is 254 g/mol. The molecule has 3 rings (SSSR count). The number of nitrogens with zero attached hydrogens (tertiary/aromatic N) is 1. The van der Waals surface area contributed by atoms with E-state index in [1.807, 2.05) is 6.07 Å². The molecule has 1 saturated heterocycles. The van der Waals surface area contributed by atoms with E-state index < -0.39 is 0 Å². The van der Waals surface area contributed by atoms with Crippen molar-refractivity contribution in [2.24, 2.45) is 0 Å². The van der Waals surface area contributed by atoms with Crippen molar-refractivity contribution in [2.45, 2.75) is 31.6 Å². The van der Waals surface area contributed by atoms with Crippen molar-refractivity contribution in [2.75, 3.05) is 26.2 Å². The highest BCUT2D eigenvalue weighted by molar-refractivity contribution is 5.49. The lowest BCUT2D eigenvalue weighted by atomic mass is 9.88. The van der Waals surface area contributed by atoms with Crippen LogP contribution in [0.2, 0.25) is 0 Å². The lowest BCUT2D eigenvalue weighted by Gasteiger charge is -2.32. The van der Waals surface area contributed by atoms with Gasteiger partial charge in [-0.05, 0) is 43.5 Å². The summed E-state index contributed by atoms with van der Waals surface area (Å²) in [7, 11) is 0. The third-order valence-corrected chi connectivity index (χ3v) is 4.31. The number of rotatable bonds is 4. The molecule has 2 aliphatic heterocycles. The average molecular weight is 275 g/mol. The Hall–Kier alpha value is -1.39. The number of carbonyl (C=O) groups excluding carboxylic acids is 1. The number of piperidine rings is 1. The Bertz CT molecular complexity index is 467. The number of likely N-dealkylation sites (tertiary alicyclic amines) is 1. The van der Waals surface area contributed by atoms with Gasteiger partial charge in [-0.15, -0.1) is 0 Å². The van der Waals surface area contributed by atoms with Crippen molar-refractivity contribution in [1.29, 1.82) is 0 Å². The molecular formula is C16H21NO3. The summed E-state index contributed by atoms with van der Waals surface area (Å²) >= 11 is 0. The molecule has 20 heavy (non-hydrogen) atoms. The molecule has 2 heterocycles. The first-order chi connectivity index (χ1) is 9.86. The van der Waals surface area contributed by atoms with E-state index in [1.54, 1.807) is 0 Å². The molecule has 0 atom stereocenters. The summed E-state index contributed by atoms with van der Waals surface area (Å²) in [5, 5.41) is 0. The minimum absolute atomic E-state index is 0.635. The molecule has 2 aliphatic rings. The summed E-state index contributed by atoms with van der Waals surface area (Å²) in [6.07, 6.45) is 4.95. The van der Waals surface area contributed by atoms with Crippen LogP contribution in [0.5, 0.6) is 5.75 Å². The number of benzene rings is 1. The number of aldehydes is 1. The van der Waals surface area contributed by atoms with Crippen molar-refractivity contribution in [1.82, 2.24) is 4.90 Å². The quantitative estimate of drug-likeness (QED) is 0.624. The first-order valence-corrected chi connectivity index (χ1v) is 7.45. The Morgan fingerprint density at radius 1 is 1.30 bits per heavy atom. The van der Waals surface area contributed by atoms with Gasteiger partial charge in [-0.2, -0.15) is 4.89 Å². The van der Waals surface area contributed by atoms with E-state index in [-0.39, 0.29) is 0 Å². The SMILES string of the molecule is O=CCCN1CCC(c2ccc3c(c2)CCOO3)CC1. The van der Waals surface area contributed by atoms with Gasteiger partial charge in [-0.3, -0.25) is 0 Å². The van der Waals surface area contributed by atoms with Crippen LogP contribution in [-0.2, 0) is 16.1 Å². The fraction of sp³-hybridized carbons (Fsp3) is 0.562. The minimum Gasteiger partial charge on any atom is -0.337 e. The molecule has 108 valence electrons. The molecule has 0 N–H and O–H groups in total. The van der Waals surface area contributed by atoms with Gasteiger partial charge in [0.15, 0.2) is 5.75 Å². The normalized spacial score (nSPS) is 20.2. The fourth-order valence-electron chi connectivity index (χ4n) is 3.11. The van der Waals surface area contributed by atoms with Crippen LogP contribution in [0.1, 0.15) is 36.3 Å². The van der Waals surface area contributed by atoms with E-state index in [9.17, 15) is 4.79 Å². The molecule has 4 heteroatoms.